The van der Waals surface area contributed by atoms with Crippen molar-refractivity contribution in [1.82, 2.24) is 20.3 Å². The average molecular weight is 262 g/mol. The maximum Gasteiger partial charge on any atom is 0.126 e. The molecular weight excluding hydrogens is 243 g/mol. The number of aryl methyl sites for hydroxylation is 2. The van der Waals surface area contributed by atoms with Gasteiger partial charge in [-0.15, -0.1) is 5.10 Å². The molecule has 0 bridgehead atoms. The zero-order valence-corrected chi connectivity index (χ0v) is 11.5. The molecule has 0 radical (unpaired) electrons. The molecule has 5 heteroatoms. The van der Waals surface area contributed by atoms with Crippen LogP contribution in [0.25, 0.3) is 0 Å². The maximum atomic E-state index is 13.7. The first kappa shape index (κ1) is 13.7. The lowest BCUT2D eigenvalue weighted by Crippen LogP contribution is -2.23. The van der Waals surface area contributed by atoms with E-state index in [0.29, 0.717) is 12.0 Å². The summed E-state index contributed by atoms with van der Waals surface area (Å²) in [6.07, 6.45) is 2.58. The van der Waals surface area contributed by atoms with Crippen molar-refractivity contribution >= 4 is 0 Å². The van der Waals surface area contributed by atoms with Gasteiger partial charge in [0.2, 0.25) is 0 Å². The first-order valence-electron chi connectivity index (χ1n) is 6.44. The van der Waals surface area contributed by atoms with Crippen LogP contribution in [0.1, 0.15) is 29.8 Å². The van der Waals surface area contributed by atoms with Crippen molar-refractivity contribution in [1.29, 1.82) is 0 Å². The molecule has 1 N–H and O–H groups in total. The van der Waals surface area contributed by atoms with Crippen molar-refractivity contribution in [2.75, 3.05) is 6.54 Å². The van der Waals surface area contributed by atoms with Crippen molar-refractivity contribution in [3.8, 4) is 0 Å². The molecule has 0 saturated carbocycles. The smallest absolute Gasteiger partial charge is 0.126 e. The summed E-state index contributed by atoms with van der Waals surface area (Å²) in [7, 11) is 1.84. The summed E-state index contributed by atoms with van der Waals surface area (Å²) in [6.45, 7) is 4.62. The first-order valence-corrected chi connectivity index (χ1v) is 6.44. The Morgan fingerprint density at radius 1 is 1.42 bits per heavy atom. The molecule has 102 valence electrons. The lowest BCUT2D eigenvalue weighted by Gasteiger charge is -2.17. The van der Waals surface area contributed by atoms with Gasteiger partial charge in [0.25, 0.3) is 0 Å². The van der Waals surface area contributed by atoms with Gasteiger partial charge in [-0.2, -0.15) is 0 Å². The Kier molecular flexibility index (Phi) is 4.27. The van der Waals surface area contributed by atoms with Gasteiger partial charge in [-0.25, -0.2) is 4.39 Å². The van der Waals surface area contributed by atoms with E-state index in [1.54, 1.807) is 17.7 Å². The first-order chi connectivity index (χ1) is 9.10. The van der Waals surface area contributed by atoms with E-state index in [1.807, 2.05) is 32.3 Å². The van der Waals surface area contributed by atoms with Crippen LogP contribution in [0.15, 0.2) is 24.4 Å². The number of nitrogens with zero attached hydrogens (tertiary/aromatic N) is 3. The summed E-state index contributed by atoms with van der Waals surface area (Å²) in [4.78, 5) is 0. The van der Waals surface area contributed by atoms with Crippen LogP contribution in [0.2, 0.25) is 0 Å². The fourth-order valence-electron chi connectivity index (χ4n) is 2.08. The minimum Gasteiger partial charge on any atom is -0.310 e. The van der Waals surface area contributed by atoms with Crippen LogP contribution >= 0.6 is 0 Å². The fourth-order valence-corrected chi connectivity index (χ4v) is 2.08. The molecule has 1 atom stereocenters. The second-order valence-electron chi connectivity index (χ2n) is 4.71. The second kappa shape index (κ2) is 5.93. The minimum absolute atomic E-state index is 0.0526. The highest BCUT2D eigenvalue weighted by Crippen LogP contribution is 2.20. The van der Waals surface area contributed by atoms with Gasteiger partial charge in [-0.3, -0.25) is 4.68 Å². The summed E-state index contributed by atoms with van der Waals surface area (Å²) < 4.78 is 15.3. The number of nitrogens with one attached hydrogen (secondary N) is 1. The van der Waals surface area contributed by atoms with E-state index in [9.17, 15) is 4.39 Å². The van der Waals surface area contributed by atoms with Crippen LogP contribution < -0.4 is 5.32 Å². The molecule has 1 aromatic heterocycles. The van der Waals surface area contributed by atoms with Gasteiger partial charge in [0, 0.05) is 25.7 Å². The molecule has 0 saturated heterocycles. The van der Waals surface area contributed by atoms with E-state index < -0.39 is 0 Å². The van der Waals surface area contributed by atoms with Crippen LogP contribution in [0, 0.1) is 12.7 Å². The fraction of sp³-hybridized carbons (Fsp3) is 0.429. The Hall–Kier alpha value is -1.75. The van der Waals surface area contributed by atoms with Crippen LogP contribution in [0.3, 0.4) is 0 Å². The molecule has 1 aromatic carbocycles. The lowest BCUT2D eigenvalue weighted by molar-refractivity contribution is 0.536. The van der Waals surface area contributed by atoms with Crippen molar-refractivity contribution in [3.63, 3.8) is 0 Å². The SMILES string of the molecule is CCNC(Cc1cn(C)nn1)c1ccc(C)c(F)c1. The molecule has 2 aromatic rings. The van der Waals surface area contributed by atoms with Gasteiger partial charge in [0.15, 0.2) is 0 Å². The highest BCUT2D eigenvalue weighted by Gasteiger charge is 2.14. The predicted molar refractivity (Wildman–Crippen MR) is 72.3 cm³/mol. The molecule has 0 aliphatic rings. The number of aromatic nitrogens is 3. The van der Waals surface area contributed by atoms with Gasteiger partial charge >= 0.3 is 0 Å². The summed E-state index contributed by atoms with van der Waals surface area (Å²) in [5.41, 5.74) is 2.50. The van der Waals surface area contributed by atoms with E-state index >= 15 is 0 Å². The van der Waals surface area contributed by atoms with Crippen LogP contribution in [0.5, 0.6) is 0 Å². The van der Waals surface area contributed by atoms with Crippen molar-refractivity contribution < 1.29 is 4.39 Å². The Bertz CT molecular complexity index is 550. The summed E-state index contributed by atoms with van der Waals surface area (Å²) in [5.74, 6) is -0.167. The molecule has 0 fully saturated rings. The van der Waals surface area contributed by atoms with Crippen LogP contribution in [0.4, 0.5) is 4.39 Å². The van der Waals surface area contributed by atoms with Gasteiger partial charge in [0.1, 0.15) is 5.82 Å². The molecule has 4 nitrogen and oxygen atoms in total. The Morgan fingerprint density at radius 3 is 2.79 bits per heavy atom. The Labute approximate surface area is 112 Å². The van der Waals surface area contributed by atoms with E-state index in [1.165, 1.54) is 0 Å². The molecular formula is C14H19FN4. The monoisotopic (exact) mass is 262 g/mol. The van der Waals surface area contributed by atoms with E-state index in [4.69, 9.17) is 0 Å². The third-order valence-electron chi connectivity index (χ3n) is 3.11. The van der Waals surface area contributed by atoms with E-state index in [-0.39, 0.29) is 11.9 Å². The van der Waals surface area contributed by atoms with Gasteiger partial charge in [-0.1, -0.05) is 24.3 Å². The highest BCUT2D eigenvalue weighted by atomic mass is 19.1. The zero-order valence-electron chi connectivity index (χ0n) is 11.5. The van der Waals surface area contributed by atoms with Crippen LogP contribution in [-0.2, 0) is 13.5 Å². The predicted octanol–water partition coefficient (Wildman–Crippen LogP) is 2.16. The third kappa shape index (κ3) is 3.38. The molecule has 1 unspecified atom stereocenters. The maximum absolute atomic E-state index is 13.7. The number of hydrogen-bond donors (Lipinski definition) is 1. The number of likely N-dealkylation sites (N-methyl/N-ethyl adjacent to an activating group) is 1. The van der Waals surface area contributed by atoms with Crippen molar-refractivity contribution in [2.24, 2.45) is 7.05 Å². The Balaban J connectivity index is 2.21. The van der Waals surface area contributed by atoms with Crippen LogP contribution in [-0.4, -0.2) is 21.5 Å². The van der Waals surface area contributed by atoms with E-state index in [2.05, 4.69) is 15.6 Å². The molecule has 0 aliphatic heterocycles. The van der Waals surface area contributed by atoms with E-state index in [0.717, 1.165) is 17.8 Å². The normalized spacial score (nSPS) is 12.6. The topological polar surface area (TPSA) is 42.7 Å². The van der Waals surface area contributed by atoms with Gasteiger partial charge in [-0.05, 0) is 30.7 Å². The summed E-state index contributed by atoms with van der Waals surface area (Å²) in [5, 5.41) is 11.4. The minimum atomic E-state index is -0.167. The molecule has 2 rings (SSSR count). The van der Waals surface area contributed by atoms with Gasteiger partial charge in [0.05, 0.1) is 5.69 Å². The largest absolute Gasteiger partial charge is 0.310 e. The standard InChI is InChI=1S/C14H19FN4/c1-4-16-14(8-12-9-19(3)18-17-12)11-6-5-10(2)13(15)7-11/h5-7,9,14,16H,4,8H2,1-3H3. The Morgan fingerprint density at radius 2 is 2.21 bits per heavy atom. The second-order valence-corrected chi connectivity index (χ2v) is 4.71. The molecule has 0 aliphatic carbocycles. The number of hydrogen-bond acceptors (Lipinski definition) is 3. The van der Waals surface area contributed by atoms with Gasteiger partial charge < -0.3 is 5.32 Å². The zero-order chi connectivity index (χ0) is 13.8. The number of halogens is 1. The highest BCUT2D eigenvalue weighted by molar-refractivity contribution is 5.26. The number of rotatable bonds is 5. The molecule has 1 heterocycles. The molecule has 0 amide bonds. The van der Waals surface area contributed by atoms with Crippen molar-refractivity contribution in [2.45, 2.75) is 26.3 Å². The third-order valence-corrected chi connectivity index (χ3v) is 3.11. The number of benzene rings is 1. The quantitative estimate of drug-likeness (QED) is 0.898. The van der Waals surface area contributed by atoms with Crippen molar-refractivity contribution in [3.05, 3.63) is 47.0 Å². The lowest BCUT2D eigenvalue weighted by atomic mass is 10.0. The molecule has 19 heavy (non-hydrogen) atoms. The average Bonchev–Trinajstić information content (AvgIpc) is 2.78. The molecule has 0 spiro atoms. The summed E-state index contributed by atoms with van der Waals surface area (Å²) in [6, 6.07) is 5.42. The summed E-state index contributed by atoms with van der Waals surface area (Å²) >= 11 is 0.